The highest BCUT2D eigenvalue weighted by Crippen LogP contribution is 2.30. The summed E-state index contributed by atoms with van der Waals surface area (Å²) in [5, 5.41) is 6.61. The van der Waals surface area contributed by atoms with Gasteiger partial charge in [-0.15, -0.1) is 0 Å². The molecule has 0 saturated carbocycles. The van der Waals surface area contributed by atoms with Crippen molar-refractivity contribution in [2.45, 2.75) is 38.9 Å². The first-order valence-corrected chi connectivity index (χ1v) is 8.93. The van der Waals surface area contributed by atoms with Crippen molar-refractivity contribution in [2.24, 2.45) is 0 Å². The molecule has 3 rings (SSSR count). The number of amides is 1. The summed E-state index contributed by atoms with van der Waals surface area (Å²) in [5.41, 5.74) is 0.0203. The fraction of sp³-hybridized carbons (Fsp3) is 0.286. The summed E-state index contributed by atoms with van der Waals surface area (Å²) in [6.45, 7) is 5.77. The maximum Gasteiger partial charge on any atom is 0.416 e. The van der Waals surface area contributed by atoms with Gasteiger partial charge in [-0.1, -0.05) is 50.2 Å². The number of rotatable bonds is 4. The molecule has 0 saturated heterocycles. The van der Waals surface area contributed by atoms with Gasteiger partial charge in [0.1, 0.15) is 0 Å². The summed E-state index contributed by atoms with van der Waals surface area (Å²) < 4.78 is 43.9. The molecule has 8 heteroatoms. The Morgan fingerprint density at radius 2 is 1.79 bits per heavy atom. The fourth-order valence-corrected chi connectivity index (χ4v) is 2.64. The lowest BCUT2D eigenvalue weighted by atomic mass is 9.96. The van der Waals surface area contributed by atoms with Gasteiger partial charge in [-0.25, -0.2) is 0 Å². The number of carbonyl (C=O) groups is 1. The van der Waals surface area contributed by atoms with Gasteiger partial charge in [-0.3, -0.25) is 4.79 Å². The van der Waals surface area contributed by atoms with Crippen LogP contribution in [0, 0.1) is 0 Å². The molecular weight excluding hydrogens is 383 g/mol. The molecule has 0 unspecified atom stereocenters. The van der Waals surface area contributed by atoms with E-state index in [0.29, 0.717) is 22.5 Å². The van der Waals surface area contributed by atoms with Crippen LogP contribution >= 0.6 is 0 Å². The highest BCUT2D eigenvalue weighted by atomic mass is 19.4. The van der Waals surface area contributed by atoms with Crippen molar-refractivity contribution in [3.8, 4) is 11.5 Å². The van der Waals surface area contributed by atoms with E-state index >= 15 is 0 Å². The SMILES string of the molecule is CC(C)(C)c1noc(-c2ccccc2C(=O)NCc2cccc(C(F)(F)F)c2)n1. The van der Waals surface area contributed by atoms with Crippen LogP contribution in [0.5, 0.6) is 0 Å². The van der Waals surface area contributed by atoms with Crippen LogP contribution in [0.1, 0.15) is 48.1 Å². The van der Waals surface area contributed by atoms with Crippen molar-refractivity contribution in [3.63, 3.8) is 0 Å². The van der Waals surface area contributed by atoms with Crippen molar-refractivity contribution in [1.29, 1.82) is 0 Å². The van der Waals surface area contributed by atoms with E-state index in [2.05, 4.69) is 15.5 Å². The summed E-state index contributed by atoms with van der Waals surface area (Å²) in [6.07, 6.45) is -4.44. The third-order valence-corrected chi connectivity index (χ3v) is 4.21. The first kappa shape index (κ1) is 20.6. The Kier molecular flexibility index (Phi) is 5.46. The second-order valence-corrected chi connectivity index (χ2v) is 7.60. The molecule has 5 nitrogen and oxygen atoms in total. The van der Waals surface area contributed by atoms with Crippen molar-refractivity contribution < 1.29 is 22.5 Å². The number of hydrogen-bond donors (Lipinski definition) is 1. The molecule has 1 amide bonds. The molecule has 1 N–H and O–H groups in total. The van der Waals surface area contributed by atoms with Gasteiger partial charge in [0, 0.05) is 12.0 Å². The number of nitrogens with one attached hydrogen (secondary N) is 1. The van der Waals surface area contributed by atoms with Crippen LogP contribution in [0.2, 0.25) is 0 Å². The molecule has 0 bridgehead atoms. The Morgan fingerprint density at radius 3 is 2.45 bits per heavy atom. The first-order chi connectivity index (χ1) is 13.6. The number of carbonyl (C=O) groups excluding carboxylic acids is 1. The summed E-state index contributed by atoms with van der Waals surface area (Å²) in [6, 6.07) is 11.5. The lowest BCUT2D eigenvalue weighted by Crippen LogP contribution is -2.23. The van der Waals surface area contributed by atoms with E-state index in [1.54, 1.807) is 24.3 Å². The van der Waals surface area contributed by atoms with Crippen molar-refractivity contribution in [3.05, 3.63) is 71.0 Å². The minimum atomic E-state index is -4.44. The van der Waals surface area contributed by atoms with Gasteiger partial charge in [-0.2, -0.15) is 18.2 Å². The van der Waals surface area contributed by atoms with Crippen LogP contribution in [0.25, 0.3) is 11.5 Å². The number of nitrogens with zero attached hydrogens (tertiary/aromatic N) is 2. The molecule has 0 aliphatic heterocycles. The third-order valence-electron chi connectivity index (χ3n) is 4.21. The molecule has 0 radical (unpaired) electrons. The van der Waals surface area contributed by atoms with Gasteiger partial charge in [0.2, 0.25) is 0 Å². The molecular formula is C21H20F3N3O2. The summed E-state index contributed by atoms with van der Waals surface area (Å²) in [4.78, 5) is 17.0. The van der Waals surface area contributed by atoms with Crippen LogP contribution in [0.4, 0.5) is 13.2 Å². The van der Waals surface area contributed by atoms with Crippen molar-refractivity contribution in [2.75, 3.05) is 0 Å². The van der Waals surface area contributed by atoms with Gasteiger partial charge >= 0.3 is 6.18 Å². The quantitative estimate of drug-likeness (QED) is 0.667. The van der Waals surface area contributed by atoms with Crippen molar-refractivity contribution in [1.82, 2.24) is 15.5 Å². The van der Waals surface area contributed by atoms with E-state index in [1.165, 1.54) is 12.1 Å². The van der Waals surface area contributed by atoms with Gasteiger partial charge in [-0.05, 0) is 29.8 Å². The van der Waals surface area contributed by atoms with Gasteiger partial charge in [0.25, 0.3) is 11.8 Å². The minimum absolute atomic E-state index is 0.0475. The predicted molar refractivity (Wildman–Crippen MR) is 101 cm³/mol. The number of halogens is 3. The normalized spacial score (nSPS) is 12.1. The van der Waals surface area contributed by atoms with E-state index < -0.39 is 17.6 Å². The van der Waals surface area contributed by atoms with E-state index in [0.717, 1.165) is 12.1 Å². The van der Waals surface area contributed by atoms with E-state index in [4.69, 9.17) is 4.52 Å². The molecule has 0 spiro atoms. The van der Waals surface area contributed by atoms with Gasteiger partial charge < -0.3 is 9.84 Å². The molecule has 0 atom stereocenters. The third kappa shape index (κ3) is 4.82. The van der Waals surface area contributed by atoms with E-state index in [1.807, 2.05) is 20.8 Å². The molecule has 3 aromatic rings. The summed E-state index contributed by atoms with van der Waals surface area (Å²) in [5.74, 6) is 0.264. The Hall–Kier alpha value is -3.16. The zero-order valence-corrected chi connectivity index (χ0v) is 16.2. The highest BCUT2D eigenvalue weighted by Gasteiger charge is 2.30. The zero-order valence-electron chi connectivity index (χ0n) is 16.2. The number of hydrogen-bond acceptors (Lipinski definition) is 4. The standard InChI is InChI=1S/C21H20F3N3O2/c1-20(2,3)19-26-18(29-27-19)16-10-5-4-9-15(16)17(28)25-12-13-7-6-8-14(11-13)21(22,23)24/h4-11H,12H2,1-3H3,(H,25,28). The zero-order chi connectivity index (χ0) is 21.2. The topological polar surface area (TPSA) is 68.0 Å². The summed E-state index contributed by atoms with van der Waals surface area (Å²) >= 11 is 0. The Bertz CT molecular complexity index is 1020. The predicted octanol–water partition coefficient (Wildman–Crippen LogP) is 4.98. The number of aromatic nitrogens is 2. The fourth-order valence-electron chi connectivity index (χ4n) is 2.64. The highest BCUT2D eigenvalue weighted by molar-refractivity contribution is 5.99. The largest absolute Gasteiger partial charge is 0.416 e. The van der Waals surface area contributed by atoms with Crippen LogP contribution in [0.15, 0.2) is 53.1 Å². The lowest BCUT2D eigenvalue weighted by molar-refractivity contribution is -0.137. The Balaban J connectivity index is 1.80. The first-order valence-electron chi connectivity index (χ1n) is 8.93. The van der Waals surface area contributed by atoms with Crippen LogP contribution < -0.4 is 5.32 Å². The van der Waals surface area contributed by atoms with Crippen LogP contribution in [0.3, 0.4) is 0 Å². The van der Waals surface area contributed by atoms with E-state index in [9.17, 15) is 18.0 Å². The second-order valence-electron chi connectivity index (χ2n) is 7.60. The number of alkyl halides is 3. The molecule has 1 heterocycles. The summed E-state index contributed by atoms with van der Waals surface area (Å²) in [7, 11) is 0. The average Bonchev–Trinajstić information content (AvgIpc) is 3.16. The van der Waals surface area contributed by atoms with E-state index in [-0.39, 0.29) is 17.9 Å². The van der Waals surface area contributed by atoms with Gasteiger partial charge in [0.05, 0.1) is 16.7 Å². The Morgan fingerprint density at radius 1 is 1.07 bits per heavy atom. The Labute approximate surface area is 165 Å². The molecule has 0 aliphatic rings. The van der Waals surface area contributed by atoms with Crippen LogP contribution in [-0.2, 0) is 18.1 Å². The van der Waals surface area contributed by atoms with Gasteiger partial charge in [0.15, 0.2) is 5.82 Å². The molecule has 29 heavy (non-hydrogen) atoms. The smallest absolute Gasteiger partial charge is 0.348 e. The lowest BCUT2D eigenvalue weighted by Gasteiger charge is -2.11. The molecule has 2 aromatic carbocycles. The maximum absolute atomic E-state index is 12.8. The molecule has 0 fully saturated rings. The molecule has 152 valence electrons. The maximum atomic E-state index is 12.8. The average molecular weight is 403 g/mol. The monoisotopic (exact) mass is 403 g/mol. The molecule has 1 aromatic heterocycles. The van der Waals surface area contributed by atoms with Crippen LogP contribution in [-0.4, -0.2) is 16.0 Å². The van der Waals surface area contributed by atoms with Crippen molar-refractivity contribution >= 4 is 5.91 Å². The minimum Gasteiger partial charge on any atom is -0.348 e. The second kappa shape index (κ2) is 7.69. The number of benzene rings is 2. The molecule has 0 aliphatic carbocycles.